The van der Waals surface area contributed by atoms with Crippen LogP contribution in [0, 0.1) is 13.8 Å². The Hall–Kier alpha value is -2.57. The molecule has 0 saturated heterocycles. The topological polar surface area (TPSA) is 72.6 Å². The summed E-state index contributed by atoms with van der Waals surface area (Å²) < 4.78 is 1.98. The second kappa shape index (κ2) is 5.08. The Morgan fingerprint density at radius 1 is 1.10 bits per heavy atom. The third kappa shape index (κ3) is 2.54. The van der Waals surface area contributed by atoms with E-state index in [1.807, 2.05) is 43.5 Å². The Balaban J connectivity index is 2.03. The van der Waals surface area contributed by atoms with E-state index in [9.17, 15) is 0 Å². The first-order chi connectivity index (χ1) is 10.0. The summed E-state index contributed by atoms with van der Waals surface area (Å²) in [5, 5.41) is 0. The minimum Gasteiger partial charge on any atom is -0.361 e. The molecule has 3 aromatic rings. The van der Waals surface area contributed by atoms with Crippen molar-refractivity contribution in [2.45, 2.75) is 20.4 Å². The molecule has 3 heterocycles. The quantitative estimate of drug-likeness (QED) is 0.722. The second-order valence-corrected chi connectivity index (χ2v) is 5.18. The monoisotopic (exact) mass is 283 g/mol. The highest BCUT2D eigenvalue weighted by Gasteiger charge is 2.12. The van der Waals surface area contributed by atoms with E-state index in [2.05, 4.69) is 24.9 Å². The van der Waals surface area contributed by atoms with E-state index in [4.69, 9.17) is 0 Å². The molecule has 0 radical (unpaired) electrons. The Labute approximate surface area is 122 Å². The molecule has 0 unspecified atom stereocenters. The fraction of sp³-hybridized carbons (Fsp3) is 0.357. The van der Waals surface area contributed by atoms with Crippen LogP contribution in [0.5, 0.6) is 0 Å². The number of aryl methyl sites for hydroxylation is 2. The molecule has 0 spiro atoms. The Morgan fingerprint density at radius 2 is 1.90 bits per heavy atom. The van der Waals surface area contributed by atoms with Crippen molar-refractivity contribution in [2.24, 2.45) is 0 Å². The van der Waals surface area contributed by atoms with Crippen LogP contribution in [0.4, 0.5) is 5.82 Å². The molecule has 3 aromatic heterocycles. The van der Waals surface area contributed by atoms with Gasteiger partial charge in [0.1, 0.15) is 12.2 Å². The number of fused-ring (bicyclic) bond motifs is 1. The van der Waals surface area contributed by atoms with E-state index in [0.717, 1.165) is 34.2 Å². The normalized spacial score (nSPS) is 11.0. The summed E-state index contributed by atoms with van der Waals surface area (Å²) in [7, 11) is 3.88. The molecule has 3 rings (SSSR count). The Bertz CT molecular complexity index is 771. The van der Waals surface area contributed by atoms with Gasteiger partial charge in [-0.15, -0.1) is 0 Å². The van der Waals surface area contributed by atoms with Gasteiger partial charge >= 0.3 is 0 Å². The highest BCUT2D eigenvalue weighted by molar-refractivity contribution is 5.83. The fourth-order valence-electron chi connectivity index (χ4n) is 2.36. The van der Waals surface area contributed by atoms with Crippen molar-refractivity contribution in [1.29, 1.82) is 0 Å². The molecule has 7 nitrogen and oxygen atoms in total. The number of imidazole rings is 1. The van der Waals surface area contributed by atoms with Crippen molar-refractivity contribution < 1.29 is 0 Å². The van der Waals surface area contributed by atoms with Gasteiger partial charge in [-0.1, -0.05) is 0 Å². The van der Waals surface area contributed by atoms with Crippen LogP contribution in [0.15, 0.2) is 18.7 Å². The third-order valence-corrected chi connectivity index (χ3v) is 3.16. The summed E-state index contributed by atoms with van der Waals surface area (Å²) in [5.74, 6) is 1.59. The number of aromatic nitrogens is 6. The van der Waals surface area contributed by atoms with Crippen LogP contribution in [-0.2, 0) is 6.54 Å². The lowest BCUT2D eigenvalue weighted by Crippen LogP contribution is -2.11. The fourth-order valence-corrected chi connectivity index (χ4v) is 2.36. The standard InChI is InChI=1S/C14H17N7/c1-9-5-11(19-10(2)18-9)6-21-8-17-12-13(20(3)4)15-7-16-14(12)21/h5,7-8H,6H2,1-4H3. The predicted molar refractivity (Wildman–Crippen MR) is 80.3 cm³/mol. The molecule has 0 amide bonds. The van der Waals surface area contributed by atoms with Gasteiger partial charge in [-0.2, -0.15) is 0 Å². The number of rotatable bonds is 3. The van der Waals surface area contributed by atoms with E-state index < -0.39 is 0 Å². The first kappa shape index (κ1) is 13.4. The maximum Gasteiger partial charge on any atom is 0.165 e. The van der Waals surface area contributed by atoms with E-state index in [0.29, 0.717) is 6.54 Å². The summed E-state index contributed by atoms with van der Waals surface area (Å²) in [5.41, 5.74) is 3.52. The van der Waals surface area contributed by atoms with Gasteiger partial charge in [0.05, 0.1) is 18.6 Å². The third-order valence-electron chi connectivity index (χ3n) is 3.16. The molecule has 0 aliphatic heterocycles. The Kier molecular flexibility index (Phi) is 3.25. The van der Waals surface area contributed by atoms with Gasteiger partial charge < -0.3 is 9.47 Å². The van der Waals surface area contributed by atoms with Crippen LogP contribution >= 0.6 is 0 Å². The van der Waals surface area contributed by atoms with Gasteiger partial charge in [-0.3, -0.25) is 0 Å². The average Bonchev–Trinajstić information content (AvgIpc) is 2.80. The van der Waals surface area contributed by atoms with Gasteiger partial charge in [-0.25, -0.2) is 24.9 Å². The number of hydrogen-bond acceptors (Lipinski definition) is 6. The lowest BCUT2D eigenvalue weighted by atomic mass is 10.3. The molecule has 21 heavy (non-hydrogen) atoms. The minimum absolute atomic E-state index is 0.616. The molecule has 7 heteroatoms. The zero-order chi connectivity index (χ0) is 15.0. The number of anilines is 1. The van der Waals surface area contributed by atoms with Gasteiger partial charge in [0.15, 0.2) is 17.0 Å². The molecule has 0 aliphatic carbocycles. The van der Waals surface area contributed by atoms with Crippen LogP contribution < -0.4 is 4.90 Å². The predicted octanol–water partition coefficient (Wildman–Crippen LogP) is 1.35. The van der Waals surface area contributed by atoms with Gasteiger partial charge in [-0.05, 0) is 19.9 Å². The first-order valence-electron chi connectivity index (χ1n) is 6.69. The van der Waals surface area contributed by atoms with Gasteiger partial charge in [0.25, 0.3) is 0 Å². The summed E-state index contributed by atoms with van der Waals surface area (Å²) in [6.07, 6.45) is 3.34. The van der Waals surface area contributed by atoms with Crippen LogP contribution in [0.1, 0.15) is 17.2 Å². The van der Waals surface area contributed by atoms with Crippen LogP contribution in [0.25, 0.3) is 11.2 Å². The maximum atomic E-state index is 4.46. The van der Waals surface area contributed by atoms with E-state index in [1.54, 1.807) is 12.7 Å². The first-order valence-corrected chi connectivity index (χ1v) is 6.69. The lowest BCUT2D eigenvalue weighted by Gasteiger charge is -2.11. The molecule has 0 N–H and O–H groups in total. The SMILES string of the molecule is Cc1cc(Cn2cnc3c(N(C)C)ncnc32)nc(C)n1. The summed E-state index contributed by atoms with van der Waals surface area (Å²) in [6, 6.07) is 1.98. The molecule has 0 saturated carbocycles. The van der Waals surface area contributed by atoms with Crippen LogP contribution in [0.2, 0.25) is 0 Å². The summed E-state index contributed by atoms with van der Waals surface area (Å²) >= 11 is 0. The number of hydrogen-bond donors (Lipinski definition) is 0. The zero-order valence-electron chi connectivity index (χ0n) is 12.6. The van der Waals surface area contributed by atoms with E-state index >= 15 is 0 Å². The zero-order valence-corrected chi connectivity index (χ0v) is 12.6. The lowest BCUT2D eigenvalue weighted by molar-refractivity contribution is 0.771. The van der Waals surface area contributed by atoms with Crippen molar-refractivity contribution in [3.8, 4) is 0 Å². The highest BCUT2D eigenvalue weighted by Crippen LogP contribution is 2.19. The van der Waals surface area contributed by atoms with Crippen molar-refractivity contribution in [3.05, 3.63) is 35.9 Å². The van der Waals surface area contributed by atoms with Crippen molar-refractivity contribution in [3.63, 3.8) is 0 Å². The largest absolute Gasteiger partial charge is 0.361 e. The van der Waals surface area contributed by atoms with Gasteiger partial charge in [0, 0.05) is 19.8 Å². The maximum absolute atomic E-state index is 4.46. The van der Waals surface area contributed by atoms with Crippen LogP contribution in [0.3, 0.4) is 0 Å². The molecule has 108 valence electrons. The molecule has 0 aliphatic rings. The molecule has 0 atom stereocenters. The molecular formula is C14H17N7. The molecule has 0 fully saturated rings. The van der Waals surface area contributed by atoms with Crippen molar-refractivity contribution in [2.75, 3.05) is 19.0 Å². The van der Waals surface area contributed by atoms with E-state index in [1.165, 1.54) is 0 Å². The summed E-state index contributed by atoms with van der Waals surface area (Å²) in [4.78, 5) is 23.7. The smallest absolute Gasteiger partial charge is 0.165 e. The van der Waals surface area contributed by atoms with E-state index in [-0.39, 0.29) is 0 Å². The van der Waals surface area contributed by atoms with Gasteiger partial charge in [0.2, 0.25) is 0 Å². The molecule has 0 bridgehead atoms. The van der Waals surface area contributed by atoms with Crippen molar-refractivity contribution in [1.82, 2.24) is 29.5 Å². The molecular weight excluding hydrogens is 266 g/mol. The second-order valence-electron chi connectivity index (χ2n) is 5.18. The number of nitrogens with zero attached hydrogens (tertiary/aromatic N) is 7. The minimum atomic E-state index is 0.616. The van der Waals surface area contributed by atoms with Crippen molar-refractivity contribution >= 4 is 17.0 Å². The Morgan fingerprint density at radius 3 is 2.62 bits per heavy atom. The summed E-state index contributed by atoms with van der Waals surface area (Å²) in [6.45, 7) is 4.48. The molecule has 0 aromatic carbocycles. The van der Waals surface area contributed by atoms with Crippen LogP contribution in [-0.4, -0.2) is 43.6 Å². The highest BCUT2D eigenvalue weighted by atomic mass is 15.2. The average molecular weight is 283 g/mol.